The molecule has 0 bridgehead atoms. The topological polar surface area (TPSA) is 22.0 Å². The molecule has 0 N–H and O–H groups in total. The Labute approximate surface area is 114 Å². The first-order valence-electron chi connectivity index (χ1n) is 5.40. The molecule has 0 spiro atoms. The fourth-order valence-corrected chi connectivity index (χ4v) is 2.25. The Hall–Kier alpha value is -1.32. The van der Waals surface area contributed by atoms with E-state index in [1.54, 1.807) is 19.1 Å². The van der Waals surface area contributed by atoms with Crippen molar-refractivity contribution in [1.29, 1.82) is 0 Å². The van der Waals surface area contributed by atoms with Gasteiger partial charge in [0.2, 0.25) is 0 Å². The molecular formula is C13H10Cl2FNO. The Morgan fingerprint density at radius 3 is 2.50 bits per heavy atom. The molecule has 0 aliphatic rings. The Kier molecular flexibility index (Phi) is 3.73. The number of pyridine rings is 1. The molecule has 1 aromatic carbocycles. The molecule has 0 unspecified atom stereocenters. The molecule has 94 valence electrons. The normalized spacial score (nSPS) is 10.7. The summed E-state index contributed by atoms with van der Waals surface area (Å²) in [5.74, 6) is -0.466. The van der Waals surface area contributed by atoms with E-state index in [0.29, 0.717) is 12.2 Å². The van der Waals surface area contributed by atoms with Crippen molar-refractivity contribution < 1.29 is 4.39 Å². The van der Waals surface area contributed by atoms with Gasteiger partial charge in [0.25, 0.3) is 5.56 Å². The number of rotatable bonds is 2. The second kappa shape index (κ2) is 5.12. The minimum absolute atomic E-state index is 0.105. The van der Waals surface area contributed by atoms with E-state index >= 15 is 0 Å². The quantitative estimate of drug-likeness (QED) is 0.818. The van der Waals surface area contributed by atoms with Gasteiger partial charge in [-0.15, -0.1) is 0 Å². The summed E-state index contributed by atoms with van der Waals surface area (Å²) in [6.07, 6.45) is 0. The Morgan fingerprint density at radius 1 is 1.17 bits per heavy atom. The molecule has 2 nitrogen and oxygen atoms in total. The lowest BCUT2D eigenvalue weighted by Crippen LogP contribution is -2.21. The SMILES string of the molecule is CCn1c(-c2c(F)cccc2Cl)ccc(Cl)c1=O. The van der Waals surface area contributed by atoms with Gasteiger partial charge in [0, 0.05) is 6.54 Å². The average Bonchev–Trinajstić information content (AvgIpc) is 2.33. The minimum Gasteiger partial charge on any atom is -0.307 e. The molecule has 1 aromatic heterocycles. The highest BCUT2D eigenvalue weighted by molar-refractivity contribution is 6.33. The number of benzene rings is 1. The first kappa shape index (κ1) is 13.1. The molecule has 0 saturated carbocycles. The van der Waals surface area contributed by atoms with Crippen LogP contribution in [0.2, 0.25) is 10.0 Å². The molecule has 0 fully saturated rings. The maximum absolute atomic E-state index is 13.9. The fraction of sp³-hybridized carbons (Fsp3) is 0.154. The molecule has 5 heteroatoms. The standard InChI is InChI=1S/C13H10Cl2FNO/c1-2-17-11(7-6-9(15)13(17)18)12-8(14)4-3-5-10(12)16/h3-7H,2H2,1H3. The van der Waals surface area contributed by atoms with Crippen molar-refractivity contribution in [3.05, 3.63) is 56.5 Å². The van der Waals surface area contributed by atoms with Gasteiger partial charge >= 0.3 is 0 Å². The average molecular weight is 286 g/mol. The number of hydrogen-bond acceptors (Lipinski definition) is 1. The summed E-state index contributed by atoms with van der Waals surface area (Å²) in [5, 5.41) is 0.368. The van der Waals surface area contributed by atoms with Crippen molar-refractivity contribution in [2.45, 2.75) is 13.5 Å². The summed E-state index contributed by atoms with van der Waals surface area (Å²) in [5.41, 5.74) is 0.292. The van der Waals surface area contributed by atoms with Crippen molar-refractivity contribution in [3.63, 3.8) is 0 Å². The highest BCUT2D eigenvalue weighted by Gasteiger charge is 2.14. The lowest BCUT2D eigenvalue weighted by atomic mass is 10.1. The first-order chi connectivity index (χ1) is 8.56. The molecule has 0 saturated heterocycles. The third kappa shape index (κ3) is 2.16. The summed E-state index contributed by atoms with van der Waals surface area (Å²) in [6, 6.07) is 7.45. The smallest absolute Gasteiger partial charge is 0.269 e. The van der Waals surface area contributed by atoms with Crippen LogP contribution in [-0.2, 0) is 6.54 Å². The van der Waals surface area contributed by atoms with E-state index in [1.165, 1.54) is 22.8 Å². The van der Waals surface area contributed by atoms with Crippen LogP contribution in [0.4, 0.5) is 4.39 Å². The van der Waals surface area contributed by atoms with E-state index in [-0.39, 0.29) is 21.2 Å². The molecular weight excluding hydrogens is 276 g/mol. The second-order valence-electron chi connectivity index (χ2n) is 3.71. The van der Waals surface area contributed by atoms with Crippen molar-refractivity contribution in [1.82, 2.24) is 4.57 Å². The first-order valence-corrected chi connectivity index (χ1v) is 6.15. The van der Waals surface area contributed by atoms with Crippen LogP contribution >= 0.6 is 23.2 Å². The van der Waals surface area contributed by atoms with Crippen molar-refractivity contribution >= 4 is 23.2 Å². The summed E-state index contributed by atoms with van der Waals surface area (Å²) >= 11 is 11.8. The Balaban J connectivity index is 2.80. The molecule has 1 heterocycles. The van der Waals surface area contributed by atoms with Crippen molar-refractivity contribution in [2.75, 3.05) is 0 Å². The van der Waals surface area contributed by atoms with E-state index in [1.807, 2.05) is 0 Å². The third-order valence-corrected chi connectivity index (χ3v) is 3.27. The third-order valence-electron chi connectivity index (χ3n) is 2.66. The molecule has 0 amide bonds. The van der Waals surface area contributed by atoms with E-state index in [9.17, 15) is 9.18 Å². The predicted molar refractivity (Wildman–Crippen MR) is 71.8 cm³/mol. The van der Waals surface area contributed by atoms with E-state index < -0.39 is 5.82 Å². The van der Waals surface area contributed by atoms with Gasteiger partial charge in [0.1, 0.15) is 10.8 Å². The van der Waals surface area contributed by atoms with Crippen molar-refractivity contribution in [3.8, 4) is 11.3 Å². The fourth-order valence-electron chi connectivity index (χ4n) is 1.83. The van der Waals surface area contributed by atoms with Crippen LogP contribution in [0.3, 0.4) is 0 Å². The van der Waals surface area contributed by atoms with E-state index in [2.05, 4.69) is 0 Å². The summed E-state index contributed by atoms with van der Waals surface area (Å²) in [4.78, 5) is 11.9. The molecule has 0 aliphatic heterocycles. The van der Waals surface area contributed by atoms with Crippen LogP contribution in [0.25, 0.3) is 11.3 Å². The van der Waals surface area contributed by atoms with Gasteiger partial charge < -0.3 is 4.57 Å². The zero-order valence-electron chi connectivity index (χ0n) is 9.58. The minimum atomic E-state index is -0.466. The zero-order chi connectivity index (χ0) is 13.3. The molecule has 0 atom stereocenters. The van der Waals surface area contributed by atoms with Gasteiger partial charge in [0.05, 0.1) is 16.3 Å². The maximum atomic E-state index is 13.9. The predicted octanol–water partition coefficient (Wildman–Crippen LogP) is 3.98. The lowest BCUT2D eigenvalue weighted by molar-refractivity contribution is 0.627. The number of hydrogen-bond donors (Lipinski definition) is 0. The van der Waals surface area contributed by atoms with E-state index in [0.717, 1.165) is 0 Å². The monoisotopic (exact) mass is 285 g/mol. The number of halogens is 3. The van der Waals surface area contributed by atoms with Gasteiger partial charge in [-0.3, -0.25) is 4.79 Å². The molecule has 0 aliphatic carbocycles. The number of nitrogens with zero attached hydrogens (tertiary/aromatic N) is 1. The van der Waals surface area contributed by atoms with E-state index in [4.69, 9.17) is 23.2 Å². The van der Waals surface area contributed by atoms with Gasteiger partial charge in [-0.25, -0.2) is 4.39 Å². The molecule has 0 radical (unpaired) electrons. The van der Waals surface area contributed by atoms with Crippen molar-refractivity contribution in [2.24, 2.45) is 0 Å². The van der Waals surface area contributed by atoms with Gasteiger partial charge in [-0.2, -0.15) is 0 Å². The van der Waals surface area contributed by atoms with Gasteiger partial charge in [0.15, 0.2) is 0 Å². The molecule has 2 rings (SSSR count). The Morgan fingerprint density at radius 2 is 1.89 bits per heavy atom. The van der Waals surface area contributed by atoms with Crippen LogP contribution < -0.4 is 5.56 Å². The van der Waals surface area contributed by atoms with Crippen LogP contribution in [0, 0.1) is 5.82 Å². The van der Waals surface area contributed by atoms with Gasteiger partial charge in [-0.1, -0.05) is 29.3 Å². The van der Waals surface area contributed by atoms with Crippen LogP contribution in [0.15, 0.2) is 35.1 Å². The van der Waals surface area contributed by atoms with Crippen LogP contribution in [-0.4, -0.2) is 4.57 Å². The summed E-state index contributed by atoms with van der Waals surface area (Å²) in [6.45, 7) is 2.18. The zero-order valence-corrected chi connectivity index (χ0v) is 11.1. The van der Waals surface area contributed by atoms with Crippen LogP contribution in [0.5, 0.6) is 0 Å². The second-order valence-corrected chi connectivity index (χ2v) is 4.53. The summed E-state index contributed by atoms with van der Waals surface area (Å²) < 4.78 is 15.2. The highest BCUT2D eigenvalue weighted by atomic mass is 35.5. The summed E-state index contributed by atoms with van der Waals surface area (Å²) in [7, 11) is 0. The van der Waals surface area contributed by atoms with Gasteiger partial charge in [-0.05, 0) is 31.2 Å². The van der Waals surface area contributed by atoms with Crippen LogP contribution in [0.1, 0.15) is 6.92 Å². The number of aromatic nitrogens is 1. The maximum Gasteiger partial charge on any atom is 0.269 e. The molecule has 2 aromatic rings. The lowest BCUT2D eigenvalue weighted by Gasteiger charge is -2.13. The largest absolute Gasteiger partial charge is 0.307 e. The Bertz CT molecular complexity index is 632. The highest BCUT2D eigenvalue weighted by Crippen LogP contribution is 2.30. The molecule has 18 heavy (non-hydrogen) atoms.